The SMILES string of the molecule is Nc1c(C(=O)NCCC2=CCCCC2)c2nc3ccccc3nc2n1CCCN1CCOCC1. The van der Waals surface area contributed by atoms with E-state index in [0.717, 1.165) is 69.6 Å². The molecular formula is C26H34N6O2. The number of aromatic nitrogens is 3. The molecule has 34 heavy (non-hydrogen) atoms. The molecular weight excluding hydrogens is 428 g/mol. The van der Waals surface area contributed by atoms with Gasteiger partial charge in [0.05, 0.1) is 24.2 Å². The van der Waals surface area contributed by atoms with Crippen molar-refractivity contribution in [1.82, 2.24) is 24.8 Å². The van der Waals surface area contributed by atoms with Crippen LogP contribution in [-0.4, -0.2) is 64.7 Å². The lowest BCUT2D eigenvalue weighted by atomic mass is 9.97. The van der Waals surface area contributed by atoms with Crippen LogP contribution < -0.4 is 11.1 Å². The third kappa shape index (κ3) is 4.93. The molecule has 0 radical (unpaired) electrons. The van der Waals surface area contributed by atoms with Gasteiger partial charge in [-0.25, -0.2) is 9.97 Å². The molecule has 1 aliphatic heterocycles. The van der Waals surface area contributed by atoms with E-state index in [0.29, 0.717) is 35.6 Å². The number of para-hydroxylation sites is 2. The minimum Gasteiger partial charge on any atom is -0.384 e. The number of carbonyl (C=O) groups is 1. The van der Waals surface area contributed by atoms with Crippen LogP contribution in [0.25, 0.3) is 22.2 Å². The first kappa shape index (κ1) is 22.8. The van der Waals surface area contributed by atoms with Gasteiger partial charge in [-0.2, -0.15) is 0 Å². The monoisotopic (exact) mass is 462 g/mol. The topological polar surface area (TPSA) is 98.3 Å². The van der Waals surface area contributed by atoms with E-state index >= 15 is 0 Å². The van der Waals surface area contributed by atoms with E-state index < -0.39 is 0 Å². The Bertz CT molecular complexity index is 1190. The number of anilines is 1. The van der Waals surface area contributed by atoms with Crippen molar-refractivity contribution in [3.05, 3.63) is 41.5 Å². The molecule has 1 amide bonds. The van der Waals surface area contributed by atoms with Gasteiger partial charge in [0.1, 0.15) is 16.9 Å². The number of rotatable bonds is 8. The lowest BCUT2D eigenvalue weighted by Gasteiger charge is -2.26. The molecule has 5 rings (SSSR count). The number of amides is 1. The van der Waals surface area contributed by atoms with Gasteiger partial charge in [-0.15, -0.1) is 0 Å². The quantitative estimate of drug-likeness (QED) is 0.497. The maximum absolute atomic E-state index is 13.3. The molecule has 3 N–H and O–H groups in total. The second kappa shape index (κ2) is 10.5. The van der Waals surface area contributed by atoms with E-state index in [2.05, 4.69) is 16.3 Å². The van der Waals surface area contributed by atoms with E-state index in [-0.39, 0.29) is 5.91 Å². The van der Waals surface area contributed by atoms with Gasteiger partial charge in [-0.1, -0.05) is 23.8 Å². The minimum atomic E-state index is -0.171. The van der Waals surface area contributed by atoms with E-state index in [4.69, 9.17) is 20.4 Å². The van der Waals surface area contributed by atoms with Crippen molar-refractivity contribution in [2.24, 2.45) is 0 Å². The molecule has 8 nitrogen and oxygen atoms in total. The number of benzene rings is 1. The molecule has 180 valence electrons. The Morgan fingerprint density at radius 1 is 1.09 bits per heavy atom. The summed E-state index contributed by atoms with van der Waals surface area (Å²) in [4.78, 5) is 25.4. The summed E-state index contributed by atoms with van der Waals surface area (Å²) >= 11 is 0. The number of fused-ring (bicyclic) bond motifs is 2. The highest BCUT2D eigenvalue weighted by Crippen LogP contribution is 2.28. The molecule has 1 aliphatic carbocycles. The van der Waals surface area contributed by atoms with Crippen LogP contribution in [0, 0.1) is 0 Å². The molecule has 0 atom stereocenters. The fourth-order valence-electron chi connectivity index (χ4n) is 5.00. The molecule has 2 aromatic heterocycles. The number of morpholine rings is 1. The Morgan fingerprint density at radius 2 is 1.88 bits per heavy atom. The third-order valence-corrected chi connectivity index (χ3v) is 6.90. The van der Waals surface area contributed by atoms with Crippen LogP contribution in [0.4, 0.5) is 5.82 Å². The number of nitrogen functional groups attached to an aromatic ring is 1. The summed E-state index contributed by atoms with van der Waals surface area (Å²) in [6.07, 6.45) is 8.92. The van der Waals surface area contributed by atoms with Gasteiger partial charge in [0.25, 0.3) is 5.91 Å². The Morgan fingerprint density at radius 3 is 2.65 bits per heavy atom. The summed E-state index contributed by atoms with van der Waals surface area (Å²) in [5.74, 6) is 0.275. The molecule has 0 bridgehead atoms. The average Bonchev–Trinajstić information content (AvgIpc) is 3.14. The van der Waals surface area contributed by atoms with Gasteiger partial charge in [0, 0.05) is 32.7 Å². The summed E-state index contributed by atoms with van der Waals surface area (Å²) in [6.45, 7) is 5.73. The van der Waals surface area contributed by atoms with Crippen LogP contribution >= 0.6 is 0 Å². The summed E-state index contributed by atoms with van der Waals surface area (Å²) < 4.78 is 7.42. The van der Waals surface area contributed by atoms with E-state index in [1.807, 2.05) is 28.8 Å². The zero-order chi connectivity index (χ0) is 23.3. The van der Waals surface area contributed by atoms with Crippen LogP contribution in [-0.2, 0) is 11.3 Å². The first-order valence-electron chi connectivity index (χ1n) is 12.5. The highest BCUT2D eigenvalue weighted by molar-refractivity contribution is 6.10. The van der Waals surface area contributed by atoms with Gasteiger partial charge in [-0.05, 0) is 50.7 Å². The maximum Gasteiger partial charge on any atom is 0.257 e. The molecule has 8 heteroatoms. The molecule has 3 heterocycles. The molecule has 1 saturated heterocycles. The second-order valence-electron chi connectivity index (χ2n) is 9.22. The zero-order valence-corrected chi connectivity index (χ0v) is 19.8. The molecule has 3 aromatic rings. The highest BCUT2D eigenvalue weighted by atomic mass is 16.5. The van der Waals surface area contributed by atoms with Crippen LogP contribution in [0.1, 0.15) is 48.9 Å². The molecule has 0 spiro atoms. The molecule has 1 fully saturated rings. The number of nitrogens with zero attached hydrogens (tertiary/aromatic N) is 4. The second-order valence-corrected chi connectivity index (χ2v) is 9.22. The summed E-state index contributed by atoms with van der Waals surface area (Å²) in [5.41, 5.74) is 11.3. The number of ether oxygens (including phenoxy) is 1. The van der Waals surface area contributed by atoms with Crippen molar-refractivity contribution in [3.8, 4) is 0 Å². The van der Waals surface area contributed by atoms with Crippen molar-refractivity contribution >= 4 is 33.9 Å². The normalized spacial score (nSPS) is 17.2. The van der Waals surface area contributed by atoms with Gasteiger partial charge < -0.3 is 20.4 Å². The van der Waals surface area contributed by atoms with E-state index in [1.165, 1.54) is 18.4 Å². The zero-order valence-electron chi connectivity index (χ0n) is 19.8. The summed E-state index contributed by atoms with van der Waals surface area (Å²) in [6, 6.07) is 7.75. The number of nitrogens with two attached hydrogens (primary N) is 1. The number of allylic oxidation sites excluding steroid dienone is 1. The number of hydrogen-bond acceptors (Lipinski definition) is 6. The fraction of sp³-hybridized carbons (Fsp3) is 0.500. The van der Waals surface area contributed by atoms with Crippen molar-refractivity contribution in [2.75, 3.05) is 45.1 Å². The van der Waals surface area contributed by atoms with Gasteiger partial charge in [0.15, 0.2) is 5.65 Å². The van der Waals surface area contributed by atoms with E-state index in [1.54, 1.807) is 0 Å². The Balaban J connectivity index is 1.39. The van der Waals surface area contributed by atoms with Gasteiger partial charge >= 0.3 is 0 Å². The van der Waals surface area contributed by atoms with Crippen LogP contribution in [0.3, 0.4) is 0 Å². The van der Waals surface area contributed by atoms with Crippen LogP contribution in [0.15, 0.2) is 35.9 Å². The van der Waals surface area contributed by atoms with Gasteiger partial charge in [-0.3, -0.25) is 9.69 Å². The first-order chi connectivity index (χ1) is 16.7. The Hall–Kier alpha value is -2.97. The first-order valence-corrected chi connectivity index (χ1v) is 12.5. The summed E-state index contributed by atoms with van der Waals surface area (Å²) in [5, 5.41) is 3.09. The predicted molar refractivity (Wildman–Crippen MR) is 135 cm³/mol. The number of aryl methyl sites for hydroxylation is 1. The standard InChI is InChI=1S/C26H34N6O2/c27-24-22(26(33)28-12-11-19-7-2-1-3-8-19)23-25(30-21-10-5-4-9-20(21)29-23)32(24)14-6-13-31-15-17-34-18-16-31/h4-5,7,9-10H,1-3,6,8,11-18,27H2,(H,28,33). The minimum absolute atomic E-state index is 0.171. The van der Waals surface area contributed by atoms with E-state index in [9.17, 15) is 4.79 Å². The lowest BCUT2D eigenvalue weighted by molar-refractivity contribution is 0.0370. The molecule has 1 aromatic carbocycles. The number of hydrogen-bond donors (Lipinski definition) is 2. The smallest absolute Gasteiger partial charge is 0.257 e. The van der Waals surface area contributed by atoms with Crippen LogP contribution in [0.5, 0.6) is 0 Å². The largest absolute Gasteiger partial charge is 0.384 e. The molecule has 2 aliphatic rings. The predicted octanol–water partition coefficient (Wildman–Crippen LogP) is 3.51. The average molecular weight is 463 g/mol. The van der Waals surface area contributed by atoms with Crippen molar-refractivity contribution in [2.45, 2.75) is 45.1 Å². The van der Waals surface area contributed by atoms with Crippen molar-refractivity contribution in [1.29, 1.82) is 0 Å². The summed E-state index contributed by atoms with van der Waals surface area (Å²) in [7, 11) is 0. The maximum atomic E-state index is 13.3. The highest BCUT2D eigenvalue weighted by Gasteiger charge is 2.24. The lowest BCUT2D eigenvalue weighted by Crippen LogP contribution is -2.37. The van der Waals surface area contributed by atoms with Crippen molar-refractivity contribution < 1.29 is 9.53 Å². The van der Waals surface area contributed by atoms with Crippen LogP contribution in [0.2, 0.25) is 0 Å². The fourth-order valence-corrected chi connectivity index (χ4v) is 5.00. The Kier molecular flexibility index (Phi) is 7.06. The van der Waals surface area contributed by atoms with Crippen molar-refractivity contribution in [3.63, 3.8) is 0 Å². The number of carbonyl (C=O) groups excluding carboxylic acids is 1. The van der Waals surface area contributed by atoms with Gasteiger partial charge in [0.2, 0.25) is 0 Å². The molecule has 0 unspecified atom stereocenters. The number of nitrogens with one attached hydrogen (secondary N) is 1. The molecule has 0 saturated carbocycles. The third-order valence-electron chi connectivity index (χ3n) is 6.90. The Labute approximate surface area is 200 Å².